The smallest absolute Gasteiger partial charge is 0.313 e. The van der Waals surface area contributed by atoms with E-state index < -0.39 is 11.8 Å². The summed E-state index contributed by atoms with van der Waals surface area (Å²) in [5, 5.41) is 2.58. The maximum atomic E-state index is 12.2. The molecule has 5 heteroatoms. The van der Waals surface area contributed by atoms with Crippen LogP contribution in [0.25, 0.3) is 0 Å². The number of hydrogen-bond acceptors (Lipinski definition) is 3. The molecule has 0 aromatic carbocycles. The standard InChI is InChI=1S/C15H23N3O2/c1-3-5-10-18(11-6-4-2)15(20)14(19)17-13-8-7-9-16-12-13/h7-9,12H,3-6,10-11H2,1-2H3,(H,17,19). The lowest BCUT2D eigenvalue weighted by Crippen LogP contribution is -2.40. The fourth-order valence-electron chi connectivity index (χ4n) is 1.78. The van der Waals surface area contributed by atoms with E-state index in [0.29, 0.717) is 18.8 Å². The summed E-state index contributed by atoms with van der Waals surface area (Å²) in [6.07, 6.45) is 6.96. The minimum Gasteiger partial charge on any atom is -0.334 e. The molecule has 0 spiro atoms. The largest absolute Gasteiger partial charge is 0.334 e. The molecular weight excluding hydrogens is 254 g/mol. The molecule has 20 heavy (non-hydrogen) atoms. The summed E-state index contributed by atoms with van der Waals surface area (Å²) < 4.78 is 0. The molecule has 0 radical (unpaired) electrons. The number of anilines is 1. The second-order valence-corrected chi connectivity index (χ2v) is 4.70. The van der Waals surface area contributed by atoms with Gasteiger partial charge in [-0.3, -0.25) is 14.6 Å². The van der Waals surface area contributed by atoms with E-state index in [1.165, 1.54) is 6.20 Å². The molecule has 110 valence electrons. The highest BCUT2D eigenvalue weighted by Crippen LogP contribution is 2.05. The second-order valence-electron chi connectivity index (χ2n) is 4.70. The molecule has 1 aromatic heterocycles. The van der Waals surface area contributed by atoms with Gasteiger partial charge in [0.05, 0.1) is 11.9 Å². The van der Waals surface area contributed by atoms with Crippen molar-refractivity contribution in [2.75, 3.05) is 18.4 Å². The Hall–Kier alpha value is -1.91. The second kappa shape index (κ2) is 9.07. The number of aromatic nitrogens is 1. The van der Waals surface area contributed by atoms with Gasteiger partial charge in [0.2, 0.25) is 0 Å². The summed E-state index contributed by atoms with van der Waals surface area (Å²) in [6, 6.07) is 3.42. The Balaban J connectivity index is 2.60. The van der Waals surface area contributed by atoms with Gasteiger partial charge in [0.25, 0.3) is 0 Å². The average molecular weight is 277 g/mol. The summed E-state index contributed by atoms with van der Waals surface area (Å²) in [7, 11) is 0. The predicted octanol–water partition coefficient (Wildman–Crippen LogP) is 2.45. The Kier molecular flexibility index (Phi) is 7.32. The number of nitrogens with zero attached hydrogens (tertiary/aromatic N) is 2. The first-order valence-corrected chi connectivity index (χ1v) is 7.19. The van der Waals surface area contributed by atoms with Crippen LogP contribution in [0.1, 0.15) is 39.5 Å². The molecule has 2 amide bonds. The molecule has 1 N–H and O–H groups in total. The van der Waals surface area contributed by atoms with E-state index in [2.05, 4.69) is 24.1 Å². The number of carbonyl (C=O) groups is 2. The van der Waals surface area contributed by atoms with Crippen LogP contribution in [0.3, 0.4) is 0 Å². The van der Waals surface area contributed by atoms with Crippen LogP contribution in [0.2, 0.25) is 0 Å². The van der Waals surface area contributed by atoms with Gasteiger partial charge in [0.15, 0.2) is 0 Å². The molecule has 0 aliphatic rings. The molecule has 1 heterocycles. The molecule has 0 saturated carbocycles. The van der Waals surface area contributed by atoms with E-state index in [9.17, 15) is 9.59 Å². The Bertz CT molecular complexity index is 412. The molecule has 1 aromatic rings. The predicted molar refractivity (Wildman–Crippen MR) is 79.3 cm³/mol. The van der Waals surface area contributed by atoms with Gasteiger partial charge >= 0.3 is 11.8 Å². The molecule has 5 nitrogen and oxygen atoms in total. The van der Waals surface area contributed by atoms with Crippen LogP contribution < -0.4 is 5.32 Å². The lowest BCUT2D eigenvalue weighted by Gasteiger charge is -2.21. The number of hydrogen-bond donors (Lipinski definition) is 1. The van der Waals surface area contributed by atoms with Crippen molar-refractivity contribution in [3.8, 4) is 0 Å². The van der Waals surface area contributed by atoms with Crippen LogP contribution in [0.5, 0.6) is 0 Å². The minimum absolute atomic E-state index is 0.462. The summed E-state index contributed by atoms with van der Waals surface area (Å²) in [4.78, 5) is 29.6. The van der Waals surface area contributed by atoms with Gasteiger partial charge in [-0.05, 0) is 25.0 Å². The SMILES string of the molecule is CCCCN(CCCC)C(=O)C(=O)Nc1cccnc1. The quantitative estimate of drug-likeness (QED) is 0.779. The number of rotatable bonds is 7. The zero-order chi connectivity index (χ0) is 14.8. The maximum absolute atomic E-state index is 12.2. The van der Waals surface area contributed by atoms with Crippen molar-refractivity contribution in [3.05, 3.63) is 24.5 Å². The first kappa shape index (κ1) is 16.1. The Morgan fingerprint density at radius 3 is 2.35 bits per heavy atom. The number of unbranched alkanes of at least 4 members (excludes halogenated alkanes) is 2. The van der Waals surface area contributed by atoms with Crippen LogP contribution in [0, 0.1) is 0 Å². The highest BCUT2D eigenvalue weighted by molar-refractivity contribution is 6.39. The van der Waals surface area contributed by atoms with Crippen molar-refractivity contribution in [3.63, 3.8) is 0 Å². The number of nitrogens with one attached hydrogen (secondary N) is 1. The van der Waals surface area contributed by atoms with Crippen LogP contribution in [0.15, 0.2) is 24.5 Å². The first-order valence-electron chi connectivity index (χ1n) is 7.19. The summed E-state index contributed by atoms with van der Waals surface area (Å²) in [6.45, 7) is 5.40. The fraction of sp³-hybridized carbons (Fsp3) is 0.533. The van der Waals surface area contributed by atoms with Crippen molar-refractivity contribution in [2.24, 2.45) is 0 Å². The van der Waals surface area contributed by atoms with E-state index in [1.54, 1.807) is 23.2 Å². The van der Waals surface area contributed by atoms with E-state index >= 15 is 0 Å². The number of pyridine rings is 1. The Labute approximate surface area is 120 Å². The third-order valence-electron chi connectivity index (χ3n) is 2.96. The van der Waals surface area contributed by atoms with Crippen molar-refractivity contribution in [2.45, 2.75) is 39.5 Å². The fourth-order valence-corrected chi connectivity index (χ4v) is 1.78. The molecular formula is C15H23N3O2. The summed E-state index contributed by atoms with van der Waals surface area (Å²) in [5.41, 5.74) is 0.539. The number of amides is 2. The van der Waals surface area contributed by atoms with Gasteiger partial charge in [-0.25, -0.2) is 0 Å². The minimum atomic E-state index is -0.592. The van der Waals surface area contributed by atoms with Crippen molar-refractivity contribution in [1.82, 2.24) is 9.88 Å². The van der Waals surface area contributed by atoms with Gasteiger partial charge in [0, 0.05) is 19.3 Å². The van der Waals surface area contributed by atoms with Gasteiger partial charge in [-0.1, -0.05) is 26.7 Å². The molecule has 1 rings (SSSR count). The van der Waals surface area contributed by atoms with Gasteiger partial charge < -0.3 is 10.2 Å². The first-order chi connectivity index (χ1) is 9.69. The van der Waals surface area contributed by atoms with E-state index in [1.807, 2.05) is 0 Å². The highest BCUT2D eigenvalue weighted by atomic mass is 16.2. The number of carbonyl (C=O) groups excluding carboxylic acids is 2. The monoisotopic (exact) mass is 277 g/mol. The van der Waals surface area contributed by atoms with Crippen LogP contribution in [-0.2, 0) is 9.59 Å². The average Bonchev–Trinajstić information content (AvgIpc) is 2.48. The lowest BCUT2D eigenvalue weighted by atomic mass is 10.2. The zero-order valence-corrected chi connectivity index (χ0v) is 12.3. The Morgan fingerprint density at radius 2 is 1.85 bits per heavy atom. The van der Waals surface area contributed by atoms with Gasteiger partial charge in [0.1, 0.15) is 0 Å². The third-order valence-corrected chi connectivity index (χ3v) is 2.96. The summed E-state index contributed by atoms with van der Waals surface area (Å²) in [5.74, 6) is -1.05. The molecule has 0 unspecified atom stereocenters. The van der Waals surface area contributed by atoms with Gasteiger partial charge in [-0.15, -0.1) is 0 Å². The third kappa shape index (κ3) is 5.38. The zero-order valence-electron chi connectivity index (χ0n) is 12.3. The molecule has 0 fully saturated rings. The topological polar surface area (TPSA) is 62.3 Å². The maximum Gasteiger partial charge on any atom is 0.313 e. The molecule has 0 aliphatic carbocycles. The van der Waals surface area contributed by atoms with Gasteiger partial charge in [-0.2, -0.15) is 0 Å². The van der Waals surface area contributed by atoms with Crippen molar-refractivity contribution in [1.29, 1.82) is 0 Å². The van der Waals surface area contributed by atoms with E-state index in [4.69, 9.17) is 0 Å². The lowest BCUT2D eigenvalue weighted by molar-refractivity contribution is -0.143. The van der Waals surface area contributed by atoms with Crippen molar-refractivity contribution >= 4 is 17.5 Å². The van der Waals surface area contributed by atoms with E-state index in [0.717, 1.165) is 25.7 Å². The molecule has 0 aliphatic heterocycles. The van der Waals surface area contributed by atoms with Crippen LogP contribution in [0.4, 0.5) is 5.69 Å². The molecule has 0 bridgehead atoms. The molecule has 0 saturated heterocycles. The van der Waals surface area contributed by atoms with E-state index in [-0.39, 0.29) is 0 Å². The Morgan fingerprint density at radius 1 is 1.20 bits per heavy atom. The summed E-state index contributed by atoms with van der Waals surface area (Å²) >= 11 is 0. The van der Waals surface area contributed by atoms with Crippen LogP contribution >= 0.6 is 0 Å². The normalized spacial score (nSPS) is 10.1. The van der Waals surface area contributed by atoms with Crippen LogP contribution in [-0.4, -0.2) is 34.8 Å². The highest BCUT2D eigenvalue weighted by Gasteiger charge is 2.21. The molecule has 0 atom stereocenters. The van der Waals surface area contributed by atoms with Crippen molar-refractivity contribution < 1.29 is 9.59 Å².